The van der Waals surface area contributed by atoms with Crippen LogP contribution < -0.4 is 10.5 Å². The molecule has 0 fully saturated rings. The highest BCUT2D eigenvalue weighted by Gasteiger charge is 2.00. The van der Waals surface area contributed by atoms with Gasteiger partial charge in [0.25, 0.3) is 0 Å². The van der Waals surface area contributed by atoms with Crippen LogP contribution in [-0.2, 0) is 0 Å². The van der Waals surface area contributed by atoms with Crippen LogP contribution in [0.4, 0.5) is 0 Å². The maximum absolute atomic E-state index is 5.78. The molecule has 1 atom stereocenters. The normalized spacial score (nSPS) is 12.5. The van der Waals surface area contributed by atoms with Crippen molar-refractivity contribution in [1.29, 1.82) is 0 Å². The van der Waals surface area contributed by atoms with Crippen LogP contribution in [0.15, 0.2) is 24.3 Å². The first kappa shape index (κ1) is 11.1. The summed E-state index contributed by atoms with van der Waals surface area (Å²) in [6.45, 7) is 4.92. The predicted octanol–water partition coefficient (Wildman–Crippen LogP) is 2.89. The molecule has 2 heteroatoms. The van der Waals surface area contributed by atoms with E-state index < -0.39 is 0 Å². The lowest BCUT2D eigenvalue weighted by molar-refractivity contribution is 0.309. The summed E-state index contributed by atoms with van der Waals surface area (Å²) >= 11 is 0. The third-order valence-corrected chi connectivity index (χ3v) is 2.15. The maximum atomic E-state index is 5.78. The number of ether oxygens (including phenoxy) is 1. The van der Waals surface area contributed by atoms with E-state index in [-0.39, 0.29) is 6.04 Å². The van der Waals surface area contributed by atoms with Crippen LogP contribution in [0.5, 0.6) is 5.75 Å². The first-order chi connectivity index (χ1) is 6.74. The highest BCUT2D eigenvalue weighted by atomic mass is 16.5. The lowest BCUT2D eigenvalue weighted by Gasteiger charge is -2.09. The smallest absolute Gasteiger partial charge is 0.119 e. The third kappa shape index (κ3) is 3.38. The van der Waals surface area contributed by atoms with Crippen LogP contribution >= 0.6 is 0 Å². The Morgan fingerprint density at radius 1 is 1.43 bits per heavy atom. The Kier molecular flexibility index (Phi) is 4.47. The summed E-state index contributed by atoms with van der Waals surface area (Å²) in [5, 5.41) is 0. The van der Waals surface area contributed by atoms with E-state index in [0.29, 0.717) is 0 Å². The van der Waals surface area contributed by atoms with Crippen molar-refractivity contribution in [2.45, 2.75) is 32.7 Å². The molecule has 2 nitrogen and oxygen atoms in total. The zero-order valence-corrected chi connectivity index (χ0v) is 8.99. The molecule has 1 aromatic rings. The fourth-order valence-corrected chi connectivity index (χ4v) is 1.22. The zero-order valence-electron chi connectivity index (χ0n) is 8.99. The number of unbranched alkanes of at least 4 members (excludes halogenated alkanes) is 1. The van der Waals surface area contributed by atoms with Gasteiger partial charge >= 0.3 is 0 Å². The van der Waals surface area contributed by atoms with Gasteiger partial charge in [-0.2, -0.15) is 0 Å². The van der Waals surface area contributed by atoms with Gasteiger partial charge in [-0.1, -0.05) is 25.5 Å². The van der Waals surface area contributed by atoms with Crippen molar-refractivity contribution < 1.29 is 4.74 Å². The van der Waals surface area contributed by atoms with Gasteiger partial charge in [-0.3, -0.25) is 0 Å². The summed E-state index contributed by atoms with van der Waals surface area (Å²) in [6.07, 6.45) is 2.26. The molecule has 0 aliphatic heterocycles. The summed E-state index contributed by atoms with van der Waals surface area (Å²) in [5.41, 5.74) is 6.91. The van der Waals surface area contributed by atoms with Crippen LogP contribution in [0.25, 0.3) is 0 Å². The molecule has 0 aromatic heterocycles. The van der Waals surface area contributed by atoms with Crippen LogP contribution in [-0.4, -0.2) is 6.61 Å². The first-order valence-corrected chi connectivity index (χ1v) is 5.22. The fraction of sp³-hybridized carbons (Fsp3) is 0.500. The number of benzene rings is 1. The van der Waals surface area contributed by atoms with Crippen molar-refractivity contribution in [3.63, 3.8) is 0 Å². The molecule has 0 heterocycles. The predicted molar refractivity (Wildman–Crippen MR) is 59.4 cm³/mol. The molecular weight excluding hydrogens is 174 g/mol. The van der Waals surface area contributed by atoms with E-state index in [0.717, 1.165) is 30.8 Å². The van der Waals surface area contributed by atoms with Crippen LogP contribution in [0.2, 0.25) is 0 Å². The van der Waals surface area contributed by atoms with Crippen molar-refractivity contribution in [2.75, 3.05) is 6.61 Å². The molecule has 2 N–H and O–H groups in total. The van der Waals surface area contributed by atoms with Crippen molar-refractivity contribution in [3.05, 3.63) is 29.8 Å². The molecule has 0 aliphatic carbocycles. The van der Waals surface area contributed by atoms with Crippen molar-refractivity contribution in [3.8, 4) is 5.75 Å². The van der Waals surface area contributed by atoms with Gasteiger partial charge in [-0.15, -0.1) is 0 Å². The molecule has 0 saturated carbocycles. The SMILES string of the molecule is CCCCOc1cccc([C@@H](C)N)c1. The lowest BCUT2D eigenvalue weighted by atomic mass is 10.1. The van der Waals surface area contributed by atoms with Crippen molar-refractivity contribution in [2.24, 2.45) is 5.73 Å². The molecule has 0 spiro atoms. The number of nitrogens with two attached hydrogens (primary N) is 1. The fourth-order valence-electron chi connectivity index (χ4n) is 1.22. The quantitative estimate of drug-likeness (QED) is 0.730. The van der Waals surface area contributed by atoms with Gasteiger partial charge in [0.15, 0.2) is 0 Å². The van der Waals surface area contributed by atoms with E-state index >= 15 is 0 Å². The van der Waals surface area contributed by atoms with E-state index in [1.165, 1.54) is 0 Å². The zero-order chi connectivity index (χ0) is 10.4. The molecule has 0 unspecified atom stereocenters. The summed E-state index contributed by atoms with van der Waals surface area (Å²) in [6, 6.07) is 8.07. The summed E-state index contributed by atoms with van der Waals surface area (Å²) in [7, 11) is 0. The van der Waals surface area contributed by atoms with E-state index in [1.807, 2.05) is 31.2 Å². The Labute approximate surface area is 86.1 Å². The highest BCUT2D eigenvalue weighted by molar-refractivity contribution is 5.30. The number of hydrogen-bond acceptors (Lipinski definition) is 2. The van der Waals surface area contributed by atoms with Gasteiger partial charge in [0.2, 0.25) is 0 Å². The average molecular weight is 193 g/mol. The molecular formula is C12H19NO. The summed E-state index contributed by atoms with van der Waals surface area (Å²) in [4.78, 5) is 0. The second kappa shape index (κ2) is 5.66. The van der Waals surface area contributed by atoms with Gasteiger partial charge < -0.3 is 10.5 Å². The van der Waals surface area contributed by atoms with Crippen molar-refractivity contribution >= 4 is 0 Å². The molecule has 0 amide bonds. The van der Waals surface area contributed by atoms with Crippen LogP contribution in [0.3, 0.4) is 0 Å². The molecule has 0 saturated heterocycles. The Bertz CT molecular complexity index is 271. The monoisotopic (exact) mass is 193 g/mol. The Balaban J connectivity index is 2.55. The summed E-state index contributed by atoms with van der Waals surface area (Å²) < 4.78 is 5.58. The van der Waals surface area contributed by atoms with E-state index in [9.17, 15) is 0 Å². The van der Waals surface area contributed by atoms with Crippen LogP contribution in [0, 0.1) is 0 Å². The topological polar surface area (TPSA) is 35.2 Å². The molecule has 0 bridgehead atoms. The van der Waals surface area contributed by atoms with Gasteiger partial charge in [0, 0.05) is 6.04 Å². The van der Waals surface area contributed by atoms with E-state index in [1.54, 1.807) is 0 Å². The molecule has 0 aliphatic rings. The minimum atomic E-state index is 0.0738. The third-order valence-electron chi connectivity index (χ3n) is 2.15. The second-order valence-electron chi connectivity index (χ2n) is 3.56. The molecule has 0 radical (unpaired) electrons. The van der Waals surface area contributed by atoms with Gasteiger partial charge in [-0.25, -0.2) is 0 Å². The van der Waals surface area contributed by atoms with Crippen LogP contribution in [0.1, 0.15) is 38.3 Å². The van der Waals surface area contributed by atoms with E-state index in [4.69, 9.17) is 10.5 Å². The molecule has 78 valence electrons. The Hall–Kier alpha value is -1.02. The molecule has 1 aromatic carbocycles. The highest BCUT2D eigenvalue weighted by Crippen LogP contribution is 2.17. The maximum Gasteiger partial charge on any atom is 0.119 e. The Morgan fingerprint density at radius 2 is 2.21 bits per heavy atom. The van der Waals surface area contributed by atoms with Gasteiger partial charge in [0.05, 0.1) is 6.61 Å². The summed E-state index contributed by atoms with van der Waals surface area (Å²) in [5.74, 6) is 0.924. The minimum absolute atomic E-state index is 0.0738. The second-order valence-corrected chi connectivity index (χ2v) is 3.56. The average Bonchev–Trinajstić information content (AvgIpc) is 2.19. The largest absolute Gasteiger partial charge is 0.494 e. The molecule has 1 rings (SSSR count). The van der Waals surface area contributed by atoms with Gasteiger partial charge in [-0.05, 0) is 31.0 Å². The van der Waals surface area contributed by atoms with Gasteiger partial charge in [0.1, 0.15) is 5.75 Å². The lowest BCUT2D eigenvalue weighted by Crippen LogP contribution is -2.05. The Morgan fingerprint density at radius 3 is 2.86 bits per heavy atom. The number of hydrogen-bond donors (Lipinski definition) is 1. The standard InChI is InChI=1S/C12H19NO/c1-3-4-8-14-12-7-5-6-11(9-12)10(2)13/h5-7,9-10H,3-4,8,13H2,1-2H3/t10-/m1/s1. The molecule has 14 heavy (non-hydrogen) atoms. The number of rotatable bonds is 5. The first-order valence-electron chi connectivity index (χ1n) is 5.22. The minimum Gasteiger partial charge on any atom is -0.494 e. The van der Waals surface area contributed by atoms with Crippen molar-refractivity contribution in [1.82, 2.24) is 0 Å². The van der Waals surface area contributed by atoms with E-state index in [2.05, 4.69) is 6.92 Å².